The minimum atomic E-state index is -4.41. The van der Waals surface area contributed by atoms with Crippen molar-refractivity contribution in [2.75, 3.05) is 20.4 Å². The maximum absolute atomic E-state index is 9.22. The van der Waals surface area contributed by atoms with E-state index < -0.39 is 10.4 Å². The highest BCUT2D eigenvalue weighted by molar-refractivity contribution is 7.80. The van der Waals surface area contributed by atoms with Gasteiger partial charge < -0.3 is 15.0 Å². The summed E-state index contributed by atoms with van der Waals surface area (Å²) in [6, 6.07) is 0. The van der Waals surface area contributed by atoms with Crippen molar-refractivity contribution in [1.29, 1.82) is 0 Å². The van der Waals surface area contributed by atoms with Crippen molar-refractivity contribution in [2.24, 2.45) is 5.73 Å². The van der Waals surface area contributed by atoms with Gasteiger partial charge >= 0.3 is 0 Å². The fourth-order valence-electron chi connectivity index (χ4n) is 0.537. The van der Waals surface area contributed by atoms with E-state index in [1.54, 1.807) is 0 Å². The Kier molecular flexibility index (Phi) is 12.6. The molecule has 0 aliphatic rings. The summed E-state index contributed by atoms with van der Waals surface area (Å²) in [6.45, 7) is 3.36. The number of hydrogen-bond acceptors (Lipinski definition) is 6. The highest BCUT2D eigenvalue weighted by Crippen LogP contribution is 1.92. The molecular formula is C7H18NO5S-. The van der Waals surface area contributed by atoms with Crippen molar-refractivity contribution in [2.45, 2.75) is 26.2 Å². The normalized spacial score (nSPS) is 10.6. The summed E-state index contributed by atoms with van der Waals surface area (Å²) in [5.41, 5.74) is 5.09. The van der Waals surface area contributed by atoms with Gasteiger partial charge in [0.15, 0.2) is 0 Å². The Morgan fingerprint density at radius 2 is 1.86 bits per heavy atom. The second-order valence-electron chi connectivity index (χ2n) is 2.36. The van der Waals surface area contributed by atoms with Crippen LogP contribution >= 0.6 is 0 Å². The lowest BCUT2D eigenvalue weighted by atomic mass is 10.3. The molecule has 0 spiro atoms. The zero-order valence-electron chi connectivity index (χ0n) is 8.56. The highest BCUT2D eigenvalue weighted by atomic mass is 32.3. The predicted molar refractivity (Wildman–Crippen MR) is 51.2 cm³/mol. The molecule has 2 N–H and O–H groups in total. The summed E-state index contributed by atoms with van der Waals surface area (Å²) in [5, 5.41) is 0. The van der Waals surface area contributed by atoms with Crippen LogP contribution in [0.2, 0.25) is 0 Å². The van der Waals surface area contributed by atoms with Crippen LogP contribution in [0, 0.1) is 0 Å². The van der Waals surface area contributed by atoms with Gasteiger partial charge in [-0.05, 0) is 6.42 Å². The zero-order chi connectivity index (χ0) is 11.4. The molecule has 0 saturated carbocycles. The summed E-state index contributed by atoms with van der Waals surface area (Å²) >= 11 is 0. The van der Waals surface area contributed by atoms with E-state index in [0.717, 1.165) is 20.1 Å². The Morgan fingerprint density at radius 3 is 2.14 bits per heavy atom. The molecule has 0 rings (SSSR count). The molecule has 0 fully saturated rings. The Hall–Kier alpha value is -0.210. The number of hydrogen-bond donors (Lipinski definition) is 1. The van der Waals surface area contributed by atoms with E-state index in [1.165, 1.54) is 12.8 Å². The van der Waals surface area contributed by atoms with Gasteiger partial charge in [0.05, 0.1) is 13.8 Å². The molecule has 0 heterocycles. The molecule has 0 atom stereocenters. The van der Waals surface area contributed by atoms with E-state index in [0.29, 0.717) is 6.73 Å². The molecule has 0 unspecified atom stereocenters. The van der Waals surface area contributed by atoms with E-state index in [9.17, 15) is 13.0 Å². The predicted octanol–water partition coefficient (Wildman–Crippen LogP) is 0.202. The minimum Gasteiger partial charge on any atom is -0.726 e. The topological polar surface area (TPSA) is 102 Å². The van der Waals surface area contributed by atoms with Crippen LogP contribution in [0.5, 0.6) is 0 Å². The Balaban J connectivity index is 0. The van der Waals surface area contributed by atoms with Gasteiger partial charge in [-0.1, -0.05) is 19.8 Å². The highest BCUT2D eigenvalue weighted by Gasteiger charge is 1.82. The fraction of sp³-hybridized carbons (Fsp3) is 1.00. The van der Waals surface area contributed by atoms with Crippen LogP contribution in [0.4, 0.5) is 0 Å². The van der Waals surface area contributed by atoms with E-state index in [1.807, 2.05) is 0 Å². The van der Waals surface area contributed by atoms with Crippen LogP contribution in [0.25, 0.3) is 0 Å². The van der Waals surface area contributed by atoms with Crippen molar-refractivity contribution >= 4 is 10.4 Å². The molecule has 0 aliphatic heterocycles. The van der Waals surface area contributed by atoms with Gasteiger partial charge in [0.25, 0.3) is 0 Å². The summed E-state index contributed by atoms with van der Waals surface area (Å²) in [6.07, 6.45) is 3.64. The smallest absolute Gasteiger partial charge is 0.217 e. The van der Waals surface area contributed by atoms with E-state index >= 15 is 0 Å². The summed E-state index contributed by atoms with van der Waals surface area (Å²) in [7, 11) is -3.60. The molecule has 6 nitrogen and oxygen atoms in total. The number of unbranched alkanes of at least 4 members (excludes halogenated alkanes) is 2. The largest absolute Gasteiger partial charge is 0.726 e. The first kappa shape index (κ1) is 16.2. The molecular weight excluding hydrogens is 210 g/mol. The molecule has 0 aromatic carbocycles. The minimum absolute atomic E-state index is 0.365. The van der Waals surface area contributed by atoms with Crippen molar-refractivity contribution in [3.8, 4) is 0 Å². The number of ether oxygens (including phenoxy) is 1. The van der Waals surface area contributed by atoms with Crippen LogP contribution < -0.4 is 5.73 Å². The maximum atomic E-state index is 9.22. The first-order chi connectivity index (χ1) is 6.47. The van der Waals surface area contributed by atoms with Gasteiger partial charge in [0.1, 0.15) is 0 Å². The van der Waals surface area contributed by atoms with Crippen LogP contribution in [-0.2, 0) is 19.3 Å². The molecule has 0 aromatic heterocycles. The quantitative estimate of drug-likeness (QED) is 0.301. The summed E-state index contributed by atoms with van der Waals surface area (Å²) in [4.78, 5) is 0. The first-order valence-corrected chi connectivity index (χ1v) is 5.60. The molecule has 88 valence electrons. The summed E-state index contributed by atoms with van der Waals surface area (Å²) < 4.78 is 35.9. The molecule has 0 bridgehead atoms. The SMILES string of the molecule is CCCCCOCN.COS(=O)(=O)[O-]. The average Bonchev–Trinajstić information content (AvgIpc) is 2.13. The molecule has 0 amide bonds. The van der Waals surface area contributed by atoms with Gasteiger partial charge in [-0.2, -0.15) is 0 Å². The second kappa shape index (κ2) is 10.9. The summed E-state index contributed by atoms with van der Waals surface area (Å²) in [5.74, 6) is 0. The van der Waals surface area contributed by atoms with E-state index in [4.69, 9.17) is 10.5 Å². The maximum Gasteiger partial charge on any atom is 0.217 e. The Morgan fingerprint density at radius 1 is 1.36 bits per heavy atom. The lowest BCUT2D eigenvalue weighted by molar-refractivity contribution is 0.137. The molecule has 7 heteroatoms. The molecule has 0 saturated heterocycles. The Bertz CT molecular complexity index is 186. The number of rotatable bonds is 6. The van der Waals surface area contributed by atoms with E-state index in [-0.39, 0.29) is 0 Å². The van der Waals surface area contributed by atoms with Crippen molar-refractivity contribution in [1.82, 2.24) is 0 Å². The molecule has 0 aromatic rings. The second-order valence-corrected chi connectivity index (χ2v) is 3.51. The van der Waals surface area contributed by atoms with Crippen LogP contribution in [0.3, 0.4) is 0 Å². The van der Waals surface area contributed by atoms with Crippen LogP contribution in [-0.4, -0.2) is 33.4 Å². The van der Waals surface area contributed by atoms with Crippen molar-refractivity contribution in [3.63, 3.8) is 0 Å². The average molecular weight is 228 g/mol. The molecule has 0 radical (unpaired) electrons. The van der Waals surface area contributed by atoms with Gasteiger partial charge in [-0.15, -0.1) is 0 Å². The van der Waals surface area contributed by atoms with Crippen molar-refractivity contribution < 1.29 is 21.9 Å². The lowest BCUT2D eigenvalue weighted by Gasteiger charge is -1.98. The van der Waals surface area contributed by atoms with Gasteiger partial charge in [0, 0.05) is 6.61 Å². The lowest BCUT2D eigenvalue weighted by Crippen LogP contribution is -2.05. The third-order valence-electron chi connectivity index (χ3n) is 1.21. The van der Waals surface area contributed by atoms with Crippen LogP contribution in [0.1, 0.15) is 26.2 Å². The van der Waals surface area contributed by atoms with Gasteiger partial charge in [0.2, 0.25) is 10.4 Å². The van der Waals surface area contributed by atoms with Crippen molar-refractivity contribution in [3.05, 3.63) is 0 Å². The zero-order valence-corrected chi connectivity index (χ0v) is 9.38. The first-order valence-electron chi connectivity index (χ1n) is 4.27. The fourth-order valence-corrected chi connectivity index (χ4v) is 0.537. The standard InChI is InChI=1S/C6H15NO.CH4O4S/c1-2-3-4-5-8-6-7;1-5-6(2,3)4/h2-7H2,1H3;1H3,(H,2,3,4)/p-1. The third-order valence-corrected chi connectivity index (χ3v) is 1.62. The monoisotopic (exact) mass is 228 g/mol. The third kappa shape index (κ3) is 22.6. The van der Waals surface area contributed by atoms with Gasteiger partial charge in [-0.25, -0.2) is 8.42 Å². The van der Waals surface area contributed by atoms with E-state index in [2.05, 4.69) is 11.1 Å². The van der Waals surface area contributed by atoms with Gasteiger partial charge in [-0.3, -0.25) is 4.18 Å². The molecule has 14 heavy (non-hydrogen) atoms. The number of nitrogens with two attached hydrogens (primary N) is 1. The Labute approximate surface area is 85.3 Å². The van der Waals surface area contributed by atoms with Crippen LogP contribution in [0.15, 0.2) is 0 Å². The molecule has 0 aliphatic carbocycles.